The number of carbonyl (C=O) groups is 1. The number of aldehydes is 1. The molecule has 0 aliphatic heterocycles. The smallest absolute Gasteiger partial charge is 0.151 e. The van der Waals surface area contributed by atoms with Gasteiger partial charge in [0.25, 0.3) is 0 Å². The van der Waals surface area contributed by atoms with Gasteiger partial charge in [0, 0.05) is 5.56 Å². The minimum Gasteiger partial charge on any atom is -0.497 e. The third-order valence-electron chi connectivity index (χ3n) is 3.99. The summed E-state index contributed by atoms with van der Waals surface area (Å²) < 4.78 is 5.20. The van der Waals surface area contributed by atoms with Crippen molar-refractivity contribution in [3.8, 4) is 28.0 Å². The molecule has 2 nitrogen and oxygen atoms in total. The number of methoxy groups -OCH3 is 1. The van der Waals surface area contributed by atoms with Gasteiger partial charge in [0.05, 0.1) is 7.11 Å². The van der Waals surface area contributed by atoms with Gasteiger partial charge in [-0.2, -0.15) is 0 Å². The zero-order valence-corrected chi connectivity index (χ0v) is 13.2. The van der Waals surface area contributed by atoms with E-state index in [2.05, 4.69) is 31.2 Å². The first kappa shape index (κ1) is 15.0. The van der Waals surface area contributed by atoms with Crippen LogP contribution in [0.1, 0.15) is 15.9 Å². The van der Waals surface area contributed by atoms with Crippen molar-refractivity contribution in [3.05, 3.63) is 77.9 Å². The summed E-state index contributed by atoms with van der Waals surface area (Å²) in [4.78, 5) is 11.8. The Morgan fingerprint density at radius 2 is 1.30 bits per heavy atom. The van der Waals surface area contributed by atoms with Crippen LogP contribution in [0, 0.1) is 6.92 Å². The molecule has 0 N–H and O–H groups in total. The van der Waals surface area contributed by atoms with Crippen LogP contribution < -0.4 is 4.74 Å². The molecule has 0 unspecified atom stereocenters. The fraction of sp³-hybridized carbons (Fsp3) is 0.0952. The Balaban J connectivity index is 2.13. The van der Waals surface area contributed by atoms with Crippen LogP contribution in [-0.4, -0.2) is 13.4 Å². The molecule has 0 heterocycles. The van der Waals surface area contributed by atoms with Crippen LogP contribution in [-0.2, 0) is 0 Å². The average Bonchev–Trinajstić information content (AvgIpc) is 2.62. The monoisotopic (exact) mass is 302 g/mol. The van der Waals surface area contributed by atoms with Crippen molar-refractivity contribution >= 4 is 6.29 Å². The number of carbonyl (C=O) groups excluding carboxylic acids is 1. The number of hydrogen-bond donors (Lipinski definition) is 0. The van der Waals surface area contributed by atoms with Crippen LogP contribution in [0.5, 0.6) is 5.75 Å². The molecule has 0 atom stereocenters. The van der Waals surface area contributed by atoms with Crippen molar-refractivity contribution < 1.29 is 9.53 Å². The van der Waals surface area contributed by atoms with Crippen molar-refractivity contribution in [2.24, 2.45) is 0 Å². The number of rotatable bonds is 4. The van der Waals surface area contributed by atoms with Crippen LogP contribution in [0.3, 0.4) is 0 Å². The molecule has 0 radical (unpaired) electrons. The van der Waals surface area contributed by atoms with Gasteiger partial charge >= 0.3 is 0 Å². The first-order valence-electron chi connectivity index (χ1n) is 7.52. The second-order valence-corrected chi connectivity index (χ2v) is 5.48. The standard InChI is InChI=1S/C21H18O2/c1-15-6-8-16(9-7-15)19-4-3-5-20(21(19)14-22)17-10-12-18(23-2)13-11-17/h3-14H,1-2H3. The van der Waals surface area contributed by atoms with Crippen LogP contribution >= 0.6 is 0 Å². The van der Waals surface area contributed by atoms with E-state index in [0.717, 1.165) is 34.3 Å². The van der Waals surface area contributed by atoms with E-state index in [1.54, 1.807) is 7.11 Å². The van der Waals surface area contributed by atoms with Crippen molar-refractivity contribution in [1.29, 1.82) is 0 Å². The van der Waals surface area contributed by atoms with E-state index in [1.807, 2.05) is 42.5 Å². The largest absolute Gasteiger partial charge is 0.497 e. The number of aryl methyl sites for hydroxylation is 1. The molecule has 3 rings (SSSR count). The first-order chi connectivity index (χ1) is 11.2. The van der Waals surface area contributed by atoms with Crippen molar-refractivity contribution in [3.63, 3.8) is 0 Å². The van der Waals surface area contributed by atoms with Gasteiger partial charge in [-0.05, 0) is 41.3 Å². The highest BCUT2D eigenvalue weighted by molar-refractivity contribution is 5.96. The third-order valence-corrected chi connectivity index (χ3v) is 3.99. The summed E-state index contributed by atoms with van der Waals surface area (Å²) in [7, 11) is 1.64. The molecule has 0 spiro atoms. The van der Waals surface area contributed by atoms with Gasteiger partial charge in [0.1, 0.15) is 5.75 Å². The maximum Gasteiger partial charge on any atom is 0.151 e. The van der Waals surface area contributed by atoms with Crippen LogP contribution in [0.25, 0.3) is 22.3 Å². The molecule has 0 saturated carbocycles. The SMILES string of the molecule is COc1ccc(-c2cccc(-c3ccc(C)cc3)c2C=O)cc1. The summed E-state index contributed by atoms with van der Waals surface area (Å²) in [5, 5.41) is 0. The normalized spacial score (nSPS) is 10.3. The van der Waals surface area contributed by atoms with Gasteiger partial charge in [-0.15, -0.1) is 0 Å². The first-order valence-corrected chi connectivity index (χ1v) is 7.52. The Kier molecular flexibility index (Phi) is 4.24. The summed E-state index contributed by atoms with van der Waals surface area (Å²) in [6.45, 7) is 2.05. The van der Waals surface area contributed by atoms with Crippen LogP contribution in [0.2, 0.25) is 0 Å². The predicted molar refractivity (Wildman–Crippen MR) is 94.0 cm³/mol. The molecule has 114 valence electrons. The van der Waals surface area contributed by atoms with Gasteiger partial charge in [-0.1, -0.05) is 60.2 Å². The highest BCUT2D eigenvalue weighted by Crippen LogP contribution is 2.32. The molecular weight excluding hydrogens is 284 g/mol. The van der Waals surface area contributed by atoms with E-state index in [0.29, 0.717) is 5.56 Å². The van der Waals surface area contributed by atoms with Crippen LogP contribution in [0.4, 0.5) is 0 Å². The molecule has 0 aromatic heterocycles. The summed E-state index contributed by atoms with van der Waals surface area (Å²) in [6.07, 6.45) is 0.939. The Morgan fingerprint density at radius 1 is 0.783 bits per heavy atom. The highest BCUT2D eigenvalue weighted by atomic mass is 16.5. The van der Waals surface area contributed by atoms with Crippen LogP contribution in [0.15, 0.2) is 66.7 Å². The second-order valence-electron chi connectivity index (χ2n) is 5.48. The molecule has 23 heavy (non-hydrogen) atoms. The van der Waals surface area contributed by atoms with E-state index in [-0.39, 0.29) is 0 Å². The lowest BCUT2D eigenvalue weighted by molar-refractivity contribution is 0.112. The molecule has 0 amide bonds. The fourth-order valence-electron chi connectivity index (χ4n) is 2.70. The minimum absolute atomic E-state index is 0.710. The second kappa shape index (κ2) is 6.49. The fourth-order valence-corrected chi connectivity index (χ4v) is 2.70. The van der Waals surface area contributed by atoms with E-state index >= 15 is 0 Å². The lowest BCUT2D eigenvalue weighted by atomic mass is 9.92. The highest BCUT2D eigenvalue weighted by Gasteiger charge is 2.11. The molecule has 0 fully saturated rings. The Hall–Kier alpha value is -2.87. The van der Waals surface area contributed by atoms with E-state index in [4.69, 9.17) is 4.74 Å². The van der Waals surface area contributed by atoms with Crippen molar-refractivity contribution in [2.75, 3.05) is 7.11 Å². The van der Waals surface area contributed by atoms with Gasteiger partial charge in [0.2, 0.25) is 0 Å². The van der Waals surface area contributed by atoms with Gasteiger partial charge in [0.15, 0.2) is 6.29 Å². The van der Waals surface area contributed by atoms with Gasteiger partial charge < -0.3 is 4.74 Å². The number of ether oxygens (including phenoxy) is 1. The Bertz CT molecular complexity index is 815. The van der Waals surface area contributed by atoms with E-state index in [1.165, 1.54) is 5.56 Å². The number of benzene rings is 3. The summed E-state index contributed by atoms with van der Waals surface area (Å²) >= 11 is 0. The molecule has 3 aromatic carbocycles. The third kappa shape index (κ3) is 3.02. The summed E-state index contributed by atoms with van der Waals surface area (Å²) in [5.74, 6) is 0.802. The molecule has 3 aromatic rings. The molecule has 2 heteroatoms. The lowest BCUT2D eigenvalue weighted by Gasteiger charge is -2.12. The van der Waals surface area contributed by atoms with Gasteiger partial charge in [-0.3, -0.25) is 4.79 Å². The quantitative estimate of drug-likeness (QED) is 0.623. The maximum atomic E-state index is 11.8. The molecule has 0 saturated heterocycles. The number of hydrogen-bond acceptors (Lipinski definition) is 2. The lowest BCUT2D eigenvalue weighted by Crippen LogP contribution is -1.93. The van der Waals surface area contributed by atoms with Crippen molar-refractivity contribution in [1.82, 2.24) is 0 Å². The molecule has 0 aliphatic rings. The minimum atomic E-state index is 0.710. The van der Waals surface area contributed by atoms with E-state index in [9.17, 15) is 4.79 Å². The summed E-state index contributed by atoms with van der Waals surface area (Å²) in [6, 6.07) is 21.9. The maximum absolute atomic E-state index is 11.8. The zero-order chi connectivity index (χ0) is 16.2. The topological polar surface area (TPSA) is 26.3 Å². The zero-order valence-electron chi connectivity index (χ0n) is 13.2. The Labute approximate surface area is 136 Å². The summed E-state index contributed by atoms with van der Waals surface area (Å²) in [5.41, 5.74) is 5.85. The predicted octanol–water partition coefficient (Wildman–Crippen LogP) is 5.15. The van der Waals surface area contributed by atoms with Gasteiger partial charge in [-0.25, -0.2) is 0 Å². The average molecular weight is 302 g/mol. The molecule has 0 aliphatic carbocycles. The van der Waals surface area contributed by atoms with E-state index < -0.39 is 0 Å². The molecular formula is C21H18O2. The Morgan fingerprint density at radius 3 is 1.78 bits per heavy atom. The molecule has 0 bridgehead atoms. The van der Waals surface area contributed by atoms with Crippen molar-refractivity contribution in [2.45, 2.75) is 6.92 Å².